The maximum absolute atomic E-state index is 13.8. The van der Waals surface area contributed by atoms with E-state index >= 15 is 0 Å². The quantitative estimate of drug-likeness (QED) is 0.262. The SMILES string of the molecule is CNN(C(=O)c1cnn(C(C)(C)C)c1I)c1cc(-c2cc(N3CCOCC3)c3nccn3c2)c(C)nc1C. The van der Waals surface area contributed by atoms with Crippen LogP contribution in [0.1, 0.15) is 42.5 Å². The van der Waals surface area contributed by atoms with Gasteiger partial charge in [-0.05, 0) is 69.3 Å². The highest BCUT2D eigenvalue weighted by Gasteiger charge is 2.28. The van der Waals surface area contributed by atoms with Gasteiger partial charge in [-0.1, -0.05) is 0 Å². The molecule has 0 aromatic carbocycles. The summed E-state index contributed by atoms with van der Waals surface area (Å²) < 4.78 is 10.3. The molecule has 0 spiro atoms. The Labute approximate surface area is 236 Å². The molecule has 0 bridgehead atoms. The fourth-order valence-corrected chi connectivity index (χ4v) is 6.05. The molecule has 1 amide bonds. The molecule has 5 heterocycles. The van der Waals surface area contributed by atoms with Crippen molar-refractivity contribution >= 4 is 45.5 Å². The Balaban J connectivity index is 1.59. The van der Waals surface area contributed by atoms with Crippen molar-refractivity contribution in [3.05, 3.63) is 57.6 Å². The highest BCUT2D eigenvalue weighted by molar-refractivity contribution is 14.1. The molecular weight excluding hydrogens is 595 g/mol. The number of hydrogen-bond donors (Lipinski definition) is 1. The number of hydrogen-bond acceptors (Lipinski definition) is 7. The second kappa shape index (κ2) is 10.3. The van der Waals surface area contributed by atoms with Crippen LogP contribution in [0.5, 0.6) is 0 Å². The number of hydrazine groups is 1. The van der Waals surface area contributed by atoms with Crippen LogP contribution in [-0.2, 0) is 10.3 Å². The van der Waals surface area contributed by atoms with Crippen LogP contribution >= 0.6 is 22.6 Å². The minimum absolute atomic E-state index is 0.189. The lowest BCUT2D eigenvalue weighted by Crippen LogP contribution is -2.41. The number of pyridine rings is 2. The molecule has 4 aromatic rings. The van der Waals surface area contributed by atoms with Crippen molar-refractivity contribution in [2.75, 3.05) is 43.3 Å². The van der Waals surface area contributed by atoms with Crippen LogP contribution < -0.4 is 15.3 Å². The largest absolute Gasteiger partial charge is 0.378 e. The highest BCUT2D eigenvalue weighted by atomic mass is 127. The van der Waals surface area contributed by atoms with Crippen molar-refractivity contribution in [3.8, 4) is 11.1 Å². The second-order valence-electron chi connectivity index (χ2n) is 10.4. The molecule has 1 fully saturated rings. The molecule has 5 rings (SSSR count). The predicted octanol–water partition coefficient (Wildman–Crippen LogP) is 4.19. The van der Waals surface area contributed by atoms with E-state index in [0.717, 1.165) is 50.6 Å². The molecule has 0 aliphatic carbocycles. The normalized spacial score (nSPS) is 14.3. The number of aryl methyl sites for hydroxylation is 2. The summed E-state index contributed by atoms with van der Waals surface area (Å²) in [4.78, 5) is 25.5. The Kier molecular flexibility index (Phi) is 7.18. The van der Waals surface area contributed by atoms with E-state index in [0.29, 0.717) is 24.5 Å². The first-order valence-electron chi connectivity index (χ1n) is 12.6. The van der Waals surface area contributed by atoms with Gasteiger partial charge in [0.15, 0.2) is 5.65 Å². The van der Waals surface area contributed by atoms with E-state index in [1.165, 1.54) is 0 Å². The average Bonchev–Trinajstić information content (AvgIpc) is 3.52. The van der Waals surface area contributed by atoms with E-state index < -0.39 is 0 Å². The van der Waals surface area contributed by atoms with Gasteiger partial charge in [-0.2, -0.15) is 5.10 Å². The molecule has 1 aliphatic rings. The van der Waals surface area contributed by atoms with E-state index in [1.807, 2.05) is 41.4 Å². The van der Waals surface area contributed by atoms with Crippen molar-refractivity contribution in [1.82, 2.24) is 29.6 Å². The second-order valence-corrected chi connectivity index (χ2v) is 11.4. The smallest absolute Gasteiger partial charge is 0.277 e. The van der Waals surface area contributed by atoms with Crippen molar-refractivity contribution < 1.29 is 9.53 Å². The van der Waals surface area contributed by atoms with Crippen LogP contribution in [0.25, 0.3) is 16.8 Å². The van der Waals surface area contributed by atoms with Crippen LogP contribution in [0.2, 0.25) is 0 Å². The van der Waals surface area contributed by atoms with Gasteiger partial charge in [-0.15, -0.1) is 0 Å². The number of rotatable bonds is 5. The lowest BCUT2D eigenvalue weighted by Gasteiger charge is -2.29. The summed E-state index contributed by atoms with van der Waals surface area (Å²) in [6.45, 7) is 13.1. The summed E-state index contributed by atoms with van der Waals surface area (Å²) in [5.41, 5.74) is 9.63. The molecule has 10 nitrogen and oxygen atoms in total. The minimum Gasteiger partial charge on any atom is -0.378 e. The molecular formula is C27H33IN8O2. The van der Waals surface area contributed by atoms with Crippen LogP contribution in [0.3, 0.4) is 0 Å². The molecule has 38 heavy (non-hydrogen) atoms. The first-order valence-corrected chi connectivity index (χ1v) is 13.7. The predicted molar refractivity (Wildman–Crippen MR) is 157 cm³/mol. The van der Waals surface area contributed by atoms with Gasteiger partial charge in [0.1, 0.15) is 3.70 Å². The number of carbonyl (C=O) groups is 1. The lowest BCUT2D eigenvalue weighted by atomic mass is 10.0. The van der Waals surface area contributed by atoms with Crippen LogP contribution in [0.15, 0.2) is 36.9 Å². The van der Waals surface area contributed by atoms with E-state index in [4.69, 9.17) is 9.72 Å². The summed E-state index contributed by atoms with van der Waals surface area (Å²) in [6, 6.07) is 4.20. The first kappa shape index (κ1) is 26.6. The molecule has 1 aliphatic heterocycles. The summed E-state index contributed by atoms with van der Waals surface area (Å²) in [5, 5.41) is 6.05. The van der Waals surface area contributed by atoms with Crippen LogP contribution in [-0.4, -0.2) is 63.4 Å². The van der Waals surface area contributed by atoms with E-state index in [2.05, 4.69) is 76.0 Å². The zero-order valence-corrected chi connectivity index (χ0v) is 24.8. The monoisotopic (exact) mass is 628 g/mol. The van der Waals surface area contributed by atoms with Gasteiger partial charge in [0.05, 0.1) is 47.6 Å². The topological polar surface area (TPSA) is 92.8 Å². The number of nitrogens with one attached hydrogen (secondary N) is 1. The maximum Gasteiger partial charge on any atom is 0.277 e. The Morgan fingerprint density at radius 1 is 1.16 bits per heavy atom. The zero-order chi connectivity index (χ0) is 27.2. The summed E-state index contributed by atoms with van der Waals surface area (Å²) in [7, 11) is 1.74. The number of aromatic nitrogens is 5. The van der Waals surface area contributed by atoms with E-state index in [1.54, 1.807) is 18.3 Å². The Morgan fingerprint density at radius 3 is 2.55 bits per heavy atom. The molecule has 0 radical (unpaired) electrons. The van der Waals surface area contributed by atoms with Gasteiger partial charge >= 0.3 is 0 Å². The number of imidazole rings is 1. The van der Waals surface area contributed by atoms with Crippen molar-refractivity contribution in [1.29, 1.82) is 0 Å². The van der Waals surface area contributed by atoms with Crippen LogP contribution in [0.4, 0.5) is 11.4 Å². The standard InChI is InChI=1S/C27H33IN8O2/c1-17-20(19-13-23(33-9-11-38-12-10-33)25-30-7-8-34(25)16-19)14-22(18(2)32-17)35(29-6)26(37)21-15-31-36(24(21)28)27(3,4)5/h7-8,13-16,29H,9-12H2,1-6H3. The fourth-order valence-electron chi connectivity index (χ4n) is 4.83. The van der Waals surface area contributed by atoms with Crippen molar-refractivity contribution in [2.24, 2.45) is 0 Å². The average molecular weight is 629 g/mol. The number of carbonyl (C=O) groups excluding carboxylic acids is 1. The summed E-state index contributed by atoms with van der Waals surface area (Å²) in [5.74, 6) is -0.189. The zero-order valence-electron chi connectivity index (χ0n) is 22.6. The highest BCUT2D eigenvalue weighted by Crippen LogP contribution is 2.34. The Hall–Kier alpha value is -3.03. The fraction of sp³-hybridized carbons (Fsp3) is 0.407. The third-order valence-electron chi connectivity index (χ3n) is 6.75. The first-order chi connectivity index (χ1) is 18.1. The van der Waals surface area contributed by atoms with Gasteiger partial charge in [0, 0.05) is 55.5 Å². The molecule has 0 atom stereocenters. The van der Waals surface area contributed by atoms with Gasteiger partial charge < -0.3 is 14.0 Å². The Bertz CT molecular complexity index is 1500. The van der Waals surface area contributed by atoms with E-state index in [9.17, 15) is 4.79 Å². The number of anilines is 2. The molecule has 1 N–H and O–H groups in total. The molecule has 11 heteroatoms. The minimum atomic E-state index is -0.238. The lowest BCUT2D eigenvalue weighted by molar-refractivity contribution is 0.0975. The molecule has 4 aromatic heterocycles. The van der Waals surface area contributed by atoms with Gasteiger partial charge in [-0.25, -0.2) is 15.4 Å². The van der Waals surface area contributed by atoms with Gasteiger partial charge in [-0.3, -0.25) is 14.5 Å². The number of halogens is 1. The van der Waals surface area contributed by atoms with Crippen molar-refractivity contribution in [3.63, 3.8) is 0 Å². The van der Waals surface area contributed by atoms with Gasteiger partial charge in [0.25, 0.3) is 5.91 Å². The number of nitrogens with zero attached hydrogens (tertiary/aromatic N) is 7. The summed E-state index contributed by atoms with van der Waals surface area (Å²) >= 11 is 2.20. The molecule has 0 unspecified atom stereocenters. The Morgan fingerprint density at radius 2 is 1.89 bits per heavy atom. The van der Waals surface area contributed by atoms with Gasteiger partial charge in [0.2, 0.25) is 0 Å². The van der Waals surface area contributed by atoms with Crippen molar-refractivity contribution in [2.45, 2.75) is 40.2 Å². The molecule has 200 valence electrons. The number of ether oxygens (including phenoxy) is 1. The molecule has 0 saturated carbocycles. The summed E-state index contributed by atoms with van der Waals surface area (Å²) in [6.07, 6.45) is 7.48. The van der Waals surface area contributed by atoms with Crippen LogP contribution in [0, 0.1) is 17.5 Å². The number of morpholine rings is 1. The number of amides is 1. The number of fused-ring (bicyclic) bond motifs is 1. The third kappa shape index (κ3) is 4.78. The third-order valence-corrected chi connectivity index (χ3v) is 7.79. The van der Waals surface area contributed by atoms with E-state index in [-0.39, 0.29) is 11.4 Å². The maximum atomic E-state index is 13.8. The molecule has 1 saturated heterocycles.